The van der Waals surface area contributed by atoms with Gasteiger partial charge in [-0.2, -0.15) is 0 Å². The molecule has 1 aromatic rings. The number of benzene rings is 1. The van der Waals surface area contributed by atoms with Crippen LogP contribution in [-0.4, -0.2) is 42.6 Å². The minimum atomic E-state index is -0.420. The number of amides is 2. The third-order valence-electron chi connectivity index (χ3n) is 7.00. The molecule has 3 atom stereocenters. The summed E-state index contributed by atoms with van der Waals surface area (Å²) in [4.78, 5) is 26.3. The lowest BCUT2D eigenvalue weighted by Crippen LogP contribution is -2.58. The Bertz CT molecular complexity index is 762. The zero-order chi connectivity index (χ0) is 20.3. The van der Waals surface area contributed by atoms with Crippen LogP contribution in [0.25, 0.3) is 0 Å². The Morgan fingerprint density at radius 3 is 2.18 bits per heavy atom. The average molecular weight is 385 g/mol. The van der Waals surface area contributed by atoms with Gasteiger partial charge in [-0.1, -0.05) is 45.0 Å². The topological polar surface area (TPSA) is 58.6 Å². The number of fused-ring (bicyclic) bond motifs is 1. The highest BCUT2D eigenvalue weighted by Crippen LogP contribution is 2.58. The monoisotopic (exact) mass is 384 g/mol. The molecule has 1 heterocycles. The number of methoxy groups -OCH3 is 1. The van der Waals surface area contributed by atoms with Crippen LogP contribution in [0.15, 0.2) is 24.3 Å². The first-order valence-corrected chi connectivity index (χ1v) is 10.4. The van der Waals surface area contributed by atoms with Gasteiger partial charge in [0.15, 0.2) is 0 Å². The largest absolute Gasteiger partial charge is 0.453 e. The third-order valence-corrected chi connectivity index (χ3v) is 7.00. The van der Waals surface area contributed by atoms with E-state index in [4.69, 9.17) is 0 Å². The molecule has 1 N–H and O–H groups in total. The van der Waals surface area contributed by atoms with E-state index in [1.807, 2.05) is 6.92 Å². The van der Waals surface area contributed by atoms with E-state index in [0.717, 1.165) is 13.1 Å². The van der Waals surface area contributed by atoms with Gasteiger partial charge in [0, 0.05) is 24.5 Å². The lowest BCUT2D eigenvalue weighted by atomic mass is 9.69. The number of nitrogens with one attached hydrogen (secondary N) is 1. The van der Waals surface area contributed by atoms with Crippen LogP contribution in [0.3, 0.4) is 0 Å². The van der Waals surface area contributed by atoms with E-state index in [1.165, 1.54) is 18.2 Å². The van der Waals surface area contributed by atoms with Gasteiger partial charge in [0.2, 0.25) is 5.91 Å². The second kappa shape index (κ2) is 6.50. The molecule has 1 aromatic carbocycles. The van der Waals surface area contributed by atoms with Crippen LogP contribution >= 0.6 is 0 Å². The third kappa shape index (κ3) is 3.40. The van der Waals surface area contributed by atoms with Crippen molar-refractivity contribution in [1.29, 1.82) is 0 Å². The van der Waals surface area contributed by atoms with Crippen LogP contribution in [-0.2, 0) is 14.9 Å². The molecule has 2 amide bonds. The van der Waals surface area contributed by atoms with E-state index < -0.39 is 6.09 Å². The number of carbonyl (C=O) groups is 2. The fourth-order valence-corrected chi connectivity index (χ4v) is 5.27. The molecule has 1 unspecified atom stereocenters. The highest BCUT2D eigenvalue weighted by molar-refractivity contribution is 5.81. The molecular weight excluding hydrogens is 352 g/mol. The minimum absolute atomic E-state index is 0.0316. The van der Waals surface area contributed by atoms with Crippen molar-refractivity contribution in [2.45, 2.75) is 57.4 Å². The van der Waals surface area contributed by atoms with Crippen molar-refractivity contribution < 1.29 is 14.3 Å². The summed E-state index contributed by atoms with van der Waals surface area (Å²) in [5.41, 5.74) is 2.66. The van der Waals surface area contributed by atoms with Gasteiger partial charge in [-0.15, -0.1) is 0 Å². The Kier molecular flexibility index (Phi) is 4.48. The summed E-state index contributed by atoms with van der Waals surface area (Å²) in [5.74, 6) is 2.14. The maximum atomic E-state index is 12.8. The summed E-state index contributed by atoms with van der Waals surface area (Å²) in [5, 5.41) is 2.85. The first kappa shape index (κ1) is 19.3. The zero-order valence-corrected chi connectivity index (χ0v) is 17.6. The molecular formula is C23H32N2O3. The van der Waals surface area contributed by atoms with Crippen LogP contribution in [0.1, 0.15) is 57.6 Å². The number of hydrogen-bond donors (Lipinski definition) is 1. The molecule has 0 aromatic heterocycles. The first-order valence-electron chi connectivity index (χ1n) is 10.4. The predicted molar refractivity (Wildman–Crippen MR) is 108 cm³/mol. The highest BCUT2D eigenvalue weighted by atomic mass is 16.5. The van der Waals surface area contributed by atoms with Crippen LogP contribution < -0.4 is 5.32 Å². The van der Waals surface area contributed by atoms with Gasteiger partial charge in [-0.05, 0) is 54.1 Å². The number of ether oxygens (including phenoxy) is 1. The number of alkyl carbamates (subject to hydrolysis) is 1. The molecule has 5 nitrogen and oxygen atoms in total. The van der Waals surface area contributed by atoms with Crippen LogP contribution in [0.2, 0.25) is 0 Å². The van der Waals surface area contributed by atoms with E-state index >= 15 is 0 Å². The molecule has 3 aliphatic rings. The lowest BCUT2D eigenvalue weighted by molar-refractivity contribution is -0.140. The fourth-order valence-electron chi connectivity index (χ4n) is 5.27. The zero-order valence-electron chi connectivity index (χ0n) is 17.6. The maximum Gasteiger partial charge on any atom is 0.407 e. The SMILES string of the molecule is COC(=O)NC1(C)CC(C(=O)N2C[C@@H]3C(c4ccc(C(C)(C)C)cc4)[C@@H]3C2)C1. The van der Waals surface area contributed by atoms with Crippen molar-refractivity contribution in [3.63, 3.8) is 0 Å². The molecule has 28 heavy (non-hydrogen) atoms. The van der Waals surface area contributed by atoms with Gasteiger partial charge < -0.3 is 15.0 Å². The van der Waals surface area contributed by atoms with Crippen molar-refractivity contribution in [3.05, 3.63) is 35.4 Å². The molecule has 4 rings (SSSR count). The number of likely N-dealkylation sites (tertiary alicyclic amines) is 1. The average Bonchev–Trinajstić information content (AvgIpc) is 3.11. The molecule has 2 aliphatic carbocycles. The molecule has 3 fully saturated rings. The number of rotatable bonds is 3. The molecule has 0 radical (unpaired) electrons. The number of hydrogen-bond acceptors (Lipinski definition) is 3. The van der Waals surface area contributed by atoms with Crippen molar-refractivity contribution in [3.8, 4) is 0 Å². The van der Waals surface area contributed by atoms with E-state index in [1.54, 1.807) is 0 Å². The van der Waals surface area contributed by atoms with Crippen LogP contribution in [0, 0.1) is 17.8 Å². The maximum absolute atomic E-state index is 12.8. The molecule has 152 valence electrons. The Morgan fingerprint density at radius 2 is 1.68 bits per heavy atom. The lowest BCUT2D eigenvalue weighted by Gasteiger charge is -2.45. The Balaban J connectivity index is 1.29. The summed E-state index contributed by atoms with van der Waals surface area (Å²) >= 11 is 0. The second-order valence-electron chi connectivity index (χ2n) is 10.3. The molecule has 0 spiro atoms. The minimum Gasteiger partial charge on any atom is -0.453 e. The summed E-state index contributed by atoms with van der Waals surface area (Å²) in [7, 11) is 1.36. The quantitative estimate of drug-likeness (QED) is 0.865. The van der Waals surface area contributed by atoms with Crippen molar-refractivity contribution in [2.75, 3.05) is 20.2 Å². The highest BCUT2D eigenvalue weighted by Gasteiger charge is 2.58. The van der Waals surface area contributed by atoms with Crippen molar-refractivity contribution in [1.82, 2.24) is 10.2 Å². The van der Waals surface area contributed by atoms with Crippen molar-refractivity contribution in [2.24, 2.45) is 17.8 Å². The van der Waals surface area contributed by atoms with E-state index in [9.17, 15) is 9.59 Å². The van der Waals surface area contributed by atoms with Gasteiger partial charge in [-0.3, -0.25) is 4.79 Å². The first-order chi connectivity index (χ1) is 13.1. The summed E-state index contributed by atoms with van der Waals surface area (Å²) in [6.07, 6.45) is 0.977. The predicted octanol–water partition coefficient (Wildman–Crippen LogP) is 3.68. The fraction of sp³-hybridized carbons (Fsp3) is 0.652. The van der Waals surface area contributed by atoms with Crippen LogP contribution in [0.5, 0.6) is 0 Å². The Morgan fingerprint density at radius 1 is 1.11 bits per heavy atom. The second-order valence-corrected chi connectivity index (χ2v) is 10.3. The van der Waals surface area contributed by atoms with Gasteiger partial charge in [0.1, 0.15) is 0 Å². The Hall–Kier alpha value is -2.04. The number of nitrogens with zero attached hydrogens (tertiary/aromatic N) is 1. The van der Waals surface area contributed by atoms with Gasteiger partial charge >= 0.3 is 6.09 Å². The molecule has 0 bridgehead atoms. The van der Waals surface area contributed by atoms with E-state index in [0.29, 0.717) is 30.6 Å². The number of piperidine rings is 1. The van der Waals surface area contributed by atoms with E-state index in [2.05, 4.69) is 60.0 Å². The van der Waals surface area contributed by atoms with Gasteiger partial charge in [0.05, 0.1) is 7.11 Å². The molecule has 1 aliphatic heterocycles. The Labute approximate surface area is 167 Å². The molecule has 5 heteroatoms. The summed E-state index contributed by atoms with van der Waals surface area (Å²) < 4.78 is 4.67. The smallest absolute Gasteiger partial charge is 0.407 e. The molecule has 2 saturated carbocycles. The van der Waals surface area contributed by atoms with Gasteiger partial charge in [-0.25, -0.2) is 4.79 Å². The van der Waals surface area contributed by atoms with E-state index in [-0.39, 0.29) is 22.8 Å². The summed E-state index contributed by atoms with van der Waals surface area (Å²) in [6, 6.07) is 9.09. The normalized spacial score (nSPS) is 33.7. The van der Waals surface area contributed by atoms with Crippen molar-refractivity contribution >= 4 is 12.0 Å². The van der Waals surface area contributed by atoms with Gasteiger partial charge in [0.25, 0.3) is 0 Å². The standard InChI is InChI=1S/C23H32N2O3/c1-22(2,3)16-8-6-14(7-9-16)19-17-12-25(13-18(17)19)20(26)15-10-23(4,11-15)24-21(27)28-5/h6-9,15,17-19H,10-13H2,1-5H3,(H,24,27)/t15?,17-,18+,19?,23?. The van der Waals surface area contributed by atoms with Crippen LogP contribution in [0.4, 0.5) is 4.79 Å². The summed E-state index contributed by atoms with van der Waals surface area (Å²) in [6.45, 7) is 10.5. The molecule has 1 saturated heterocycles. The number of carbonyl (C=O) groups excluding carboxylic acids is 2.